The van der Waals surface area contributed by atoms with E-state index in [1.54, 1.807) is 0 Å². The lowest BCUT2D eigenvalue weighted by atomic mass is 9.98. The summed E-state index contributed by atoms with van der Waals surface area (Å²) in [6.45, 7) is 0. The maximum Gasteiger partial charge on any atom is 0.219 e. The van der Waals surface area contributed by atoms with Gasteiger partial charge in [-0.2, -0.15) is 4.57 Å². The molecule has 1 heterocycles. The van der Waals surface area contributed by atoms with Crippen molar-refractivity contribution in [3.63, 3.8) is 0 Å². The van der Waals surface area contributed by atoms with Crippen LogP contribution >= 0.6 is 0 Å². The Morgan fingerprint density at radius 1 is 0.351 bits per heavy atom. The minimum atomic E-state index is 0.926. The first-order valence-electron chi connectivity index (χ1n) is 12.7. The molecule has 176 valence electrons. The molecule has 0 fully saturated rings. The zero-order valence-corrected chi connectivity index (χ0v) is 20.7. The first kappa shape index (κ1) is 22.7. The number of pyridine rings is 1. The number of nitrogens with zero attached hydrogens (tertiary/aromatic N) is 1. The first-order valence-corrected chi connectivity index (χ1v) is 12.7. The molecule has 0 saturated carbocycles. The molecule has 0 atom stereocenters. The zero-order valence-electron chi connectivity index (χ0n) is 20.7. The molecule has 0 aliphatic rings. The van der Waals surface area contributed by atoms with E-state index < -0.39 is 0 Å². The number of benzene rings is 5. The van der Waals surface area contributed by atoms with E-state index in [9.17, 15) is 0 Å². The van der Waals surface area contributed by atoms with Gasteiger partial charge in [-0.3, -0.25) is 0 Å². The van der Waals surface area contributed by atoms with Crippen LogP contribution in [0.25, 0.3) is 39.3 Å². The molecule has 1 heteroatoms. The fraction of sp³-hybridized carbons (Fsp3) is 0.0278. The maximum absolute atomic E-state index is 2.39. The van der Waals surface area contributed by atoms with E-state index in [1.165, 1.54) is 33.4 Å². The van der Waals surface area contributed by atoms with Crippen molar-refractivity contribution in [1.29, 1.82) is 0 Å². The molecular formula is C36H28N+. The van der Waals surface area contributed by atoms with Crippen LogP contribution in [0.3, 0.4) is 0 Å². The van der Waals surface area contributed by atoms with Gasteiger partial charge in [0, 0.05) is 35.4 Å². The number of aromatic nitrogens is 1. The summed E-state index contributed by atoms with van der Waals surface area (Å²) < 4.78 is 2.39. The fourth-order valence-corrected chi connectivity index (χ4v) is 4.91. The smallest absolute Gasteiger partial charge is 0.153 e. The predicted octanol–water partition coefficient (Wildman–Crippen LogP) is 8.56. The lowest BCUT2D eigenvalue weighted by Crippen LogP contribution is -2.36. The molecule has 1 aromatic heterocycles. The van der Waals surface area contributed by atoms with Crippen molar-refractivity contribution in [1.82, 2.24) is 0 Å². The Bertz CT molecular complexity index is 1530. The summed E-state index contributed by atoms with van der Waals surface area (Å²) in [5.41, 5.74) is 10.9. The van der Waals surface area contributed by atoms with Gasteiger partial charge in [-0.1, -0.05) is 109 Å². The van der Waals surface area contributed by atoms with E-state index in [1.807, 2.05) is 0 Å². The van der Waals surface area contributed by atoms with E-state index in [0.29, 0.717) is 0 Å². The van der Waals surface area contributed by atoms with Crippen LogP contribution in [0.15, 0.2) is 158 Å². The minimum absolute atomic E-state index is 0.926. The van der Waals surface area contributed by atoms with Crippen LogP contribution in [0.5, 0.6) is 0 Å². The second-order valence-electron chi connectivity index (χ2n) is 9.28. The largest absolute Gasteiger partial charge is 0.219 e. The summed E-state index contributed by atoms with van der Waals surface area (Å²) in [6, 6.07) is 56.3. The minimum Gasteiger partial charge on any atom is -0.153 e. The van der Waals surface area contributed by atoms with Gasteiger partial charge in [0.25, 0.3) is 0 Å². The van der Waals surface area contributed by atoms with Gasteiger partial charge in [0.2, 0.25) is 17.1 Å². The van der Waals surface area contributed by atoms with Gasteiger partial charge in [0.05, 0.1) is 0 Å². The van der Waals surface area contributed by atoms with Gasteiger partial charge in [0.1, 0.15) is 0 Å². The van der Waals surface area contributed by atoms with Gasteiger partial charge in [-0.25, -0.2) is 0 Å². The second-order valence-corrected chi connectivity index (χ2v) is 9.28. The molecule has 1 nitrogen and oxygen atoms in total. The molecular weight excluding hydrogens is 446 g/mol. The Morgan fingerprint density at radius 2 is 0.757 bits per heavy atom. The summed E-state index contributed by atoms with van der Waals surface area (Å²) in [4.78, 5) is 0. The molecule has 0 N–H and O–H groups in total. The molecule has 6 rings (SSSR count). The number of rotatable bonds is 6. The molecule has 0 amide bonds. The Kier molecular flexibility index (Phi) is 6.43. The summed E-state index contributed by atoms with van der Waals surface area (Å²) >= 11 is 0. The van der Waals surface area contributed by atoms with E-state index in [2.05, 4.69) is 162 Å². The Morgan fingerprint density at radius 3 is 1.24 bits per heavy atom. The van der Waals surface area contributed by atoms with Crippen LogP contribution in [0.1, 0.15) is 11.1 Å². The summed E-state index contributed by atoms with van der Waals surface area (Å²) in [7, 11) is 0. The average Bonchev–Trinajstić information content (AvgIpc) is 2.99. The van der Waals surface area contributed by atoms with Crippen LogP contribution in [0.2, 0.25) is 0 Å². The molecule has 37 heavy (non-hydrogen) atoms. The topological polar surface area (TPSA) is 3.88 Å². The van der Waals surface area contributed by atoms with Crippen molar-refractivity contribution in [2.24, 2.45) is 0 Å². The first-order chi connectivity index (χ1) is 18.3. The lowest BCUT2D eigenvalue weighted by molar-refractivity contribution is -0.572. The van der Waals surface area contributed by atoms with E-state index >= 15 is 0 Å². The predicted molar refractivity (Wildman–Crippen MR) is 154 cm³/mol. The average molecular weight is 475 g/mol. The Labute approximate surface area is 219 Å². The highest BCUT2D eigenvalue weighted by molar-refractivity contribution is 5.74. The normalized spacial score (nSPS) is 10.8. The van der Waals surface area contributed by atoms with Gasteiger partial charge in [0.15, 0.2) is 0 Å². The number of hydrogen-bond acceptors (Lipinski definition) is 0. The Hall–Kier alpha value is -4.75. The molecule has 6 aromatic rings. The molecule has 0 spiro atoms. The molecule has 0 bridgehead atoms. The third kappa shape index (κ3) is 4.98. The van der Waals surface area contributed by atoms with Crippen LogP contribution in [0.4, 0.5) is 0 Å². The van der Waals surface area contributed by atoms with Gasteiger partial charge in [-0.15, -0.1) is 0 Å². The number of hydrogen-bond donors (Lipinski definition) is 0. The molecule has 5 aromatic carbocycles. The molecule has 0 radical (unpaired) electrons. The highest BCUT2D eigenvalue weighted by Gasteiger charge is 2.24. The van der Waals surface area contributed by atoms with Gasteiger partial charge >= 0.3 is 0 Å². The fourth-order valence-electron chi connectivity index (χ4n) is 4.91. The zero-order chi connectivity index (χ0) is 24.9. The summed E-state index contributed by atoms with van der Waals surface area (Å²) in [5, 5.41) is 0. The highest BCUT2D eigenvalue weighted by atomic mass is 15.0. The van der Waals surface area contributed by atoms with Crippen LogP contribution in [0, 0.1) is 0 Å². The monoisotopic (exact) mass is 474 g/mol. The maximum atomic E-state index is 2.39. The van der Waals surface area contributed by atoms with Gasteiger partial charge in [-0.05, 0) is 52.9 Å². The van der Waals surface area contributed by atoms with Crippen molar-refractivity contribution in [2.75, 3.05) is 0 Å². The Balaban J connectivity index is 1.55. The van der Waals surface area contributed by atoms with Crippen LogP contribution < -0.4 is 4.57 Å². The lowest BCUT2D eigenvalue weighted by Gasteiger charge is -2.13. The van der Waals surface area contributed by atoms with Crippen LogP contribution in [-0.2, 0) is 6.42 Å². The van der Waals surface area contributed by atoms with Crippen molar-refractivity contribution in [2.45, 2.75) is 6.42 Å². The molecule has 0 saturated heterocycles. The van der Waals surface area contributed by atoms with Crippen molar-refractivity contribution in [3.8, 4) is 39.3 Å². The third-order valence-electron chi connectivity index (χ3n) is 6.76. The molecule has 0 aliphatic heterocycles. The van der Waals surface area contributed by atoms with E-state index in [-0.39, 0.29) is 0 Å². The third-order valence-corrected chi connectivity index (χ3v) is 6.76. The van der Waals surface area contributed by atoms with E-state index in [4.69, 9.17) is 0 Å². The summed E-state index contributed by atoms with van der Waals surface area (Å²) in [5.74, 6) is 0. The van der Waals surface area contributed by atoms with Crippen molar-refractivity contribution in [3.05, 3.63) is 169 Å². The van der Waals surface area contributed by atoms with Crippen LogP contribution in [-0.4, -0.2) is 0 Å². The molecule has 0 unspecified atom stereocenters. The summed E-state index contributed by atoms with van der Waals surface area (Å²) in [6.07, 6.45) is 0.926. The van der Waals surface area contributed by atoms with Gasteiger partial charge < -0.3 is 0 Å². The van der Waals surface area contributed by atoms with Crippen molar-refractivity contribution < 1.29 is 4.57 Å². The highest BCUT2D eigenvalue weighted by Crippen LogP contribution is 2.30. The molecule has 0 aliphatic carbocycles. The standard InChI is InChI=1S/C36H28N/c1-5-13-28(14-6-1)25-29-21-23-34(24-22-29)37-35(31-17-9-3-10-18-31)26-33(30-15-7-2-8-16-30)27-36(37)32-19-11-4-12-20-32/h1-24,26-27H,25H2/q+1. The quantitative estimate of drug-likeness (QED) is 0.213. The van der Waals surface area contributed by atoms with E-state index in [0.717, 1.165) is 23.5 Å². The SMILES string of the molecule is c1ccc(Cc2ccc(-[n+]3c(-c4ccccc4)cc(-c4ccccc4)cc3-c3ccccc3)cc2)cc1. The van der Waals surface area contributed by atoms with Crippen molar-refractivity contribution >= 4 is 0 Å². The second kappa shape index (κ2) is 10.5.